The summed E-state index contributed by atoms with van der Waals surface area (Å²) in [7, 11) is 1.94. The summed E-state index contributed by atoms with van der Waals surface area (Å²) in [6.07, 6.45) is 2.97. The molecule has 0 aliphatic heterocycles. The van der Waals surface area contributed by atoms with E-state index in [-0.39, 0.29) is 0 Å². The molecule has 0 amide bonds. The van der Waals surface area contributed by atoms with Crippen molar-refractivity contribution in [3.05, 3.63) is 46.8 Å². The molecule has 0 unspecified atom stereocenters. The fourth-order valence-corrected chi connectivity index (χ4v) is 2.40. The van der Waals surface area contributed by atoms with Crippen molar-refractivity contribution in [3.63, 3.8) is 0 Å². The molecule has 1 aromatic carbocycles. The summed E-state index contributed by atoms with van der Waals surface area (Å²) in [4.78, 5) is 0.415. The van der Waals surface area contributed by atoms with Crippen LogP contribution in [0.15, 0.2) is 24.4 Å². The third kappa shape index (κ3) is 3.17. The highest BCUT2D eigenvalue weighted by Gasteiger charge is 2.08. The van der Waals surface area contributed by atoms with Crippen molar-refractivity contribution >= 4 is 22.9 Å². The van der Waals surface area contributed by atoms with Crippen molar-refractivity contribution in [2.24, 2.45) is 12.8 Å². The summed E-state index contributed by atoms with van der Waals surface area (Å²) in [5.41, 5.74) is 11.1. The zero-order chi connectivity index (χ0) is 14.7. The van der Waals surface area contributed by atoms with E-state index in [0.717, 1.165) is 35.5 Å². The molecule has 2 rings (SSSR count). The predicted molar refractivity (Wildman–Crippen MR) is 87.0 cm³/mol. The van der Waals surface area contributed by atoms with E-state index in [1.54, 1.807) is 0 Å². The molecule has 5 heteroatoms. The van der Waals surface area contributed by atoms with E-state index in [0.29, 0.717) is 4.99 Å². The second-order valence-corrected chi connectivity index (χ2v) is 5.33. The molecule has 0 aliphatic carbocycles. The molecule has 1 aromatic heterocycles. The normalized spacial score (nSPS) is 10.6. The first kappa shape index (κ1) is 14.5. The zero-order valence-corrected chi connectivity index (χ0v) is 12.9. The molecule has 0 saturated carbocycles. The highest BCUT2D eigenvalue weighted by Crippen LogP contribution is 2.19. The Morgan fingerprint density at radius 1 is 1.45 bits per heavy atom. The smallest absolute Gasteiger partial charge is 0.106 e. The molecule has 0 saturated heterocycles. The number of aryl methyl sites for hydroxylation is 3. The van der Waals surface area contributed by atoms with E-state index in [2.05, 4.69) is 17.3 Å². The molecule has 0 aliphatic rings. The van der Waals surface area contributed by atoms with Crippen LogP contribution >= 0.6 is 12.2 Å². The number of hydrogen-bond donors (Lipinski definition) is 2. The summed E-state index contributed by atoms with van der Waals surface area (Å²) in [5.74, 6) is 0. The Balaban J connectivity index is 2.20. The summed E-state index contributed by atoms with van der Waals surface area (Å²) in [5, 5.41) is 7.84. The van der Waals surface area contributed by atoms with Crippen LogP contribution in [-0.4, -0.2) is 14.8 Å². The fraction of sp³-hybridized carbons (Fsp3) is 0.333. The van der Waals surface area contributed by atoms with Gasteiger partial charge in [-0.2, -0.15) is 5.10 Å². The summed E-state index contributed by atoms with van der Waals surface area (Å²) < 4.78 is 1.85. The minimum Gasteiger partial charge on any atom is -0.389 e. The number of anilines is 1. The second-order valence-electron chi connectivity index (χ2n) is 4.90. The topological polar surface area (TPSA) is 55.9 Å². The van der Waals surface area contributed by atoms with Gasteiger partial charge in [0.1, 0.15) is 4.99 Å². The van der Waals surface area contributed by atoms with E-state index in [1.165, 1.54) is 5.56 Å². The average molecular weight is 288 g/mol. The second kappa shape index (κ2) is 6.05. The Labute approximate surface area is 125 Å². The van der Waals surface area contributed by atoms with Gasteiger partial charge >= 0.3 is 0 Å². The Kier molecular flexibility index (Phi) is 4.39. The van der Waals surface area contributed by atoms with Gasteiger partial charge in [0.2, 0.25) is 0 Å². The number of thiocarbonyl (C=S) groups is 1. The van der Waals surface area contributed by atoms with Crippen LogP contribution in [0.3, 0.4) is 0 Å². The molecule has 1 heterocycles. The molecule has 2 aromatic rings. The predicted octanol–water partition coefficient (Wildman–Crippen LogP) is 2.54. The molecule has 0 atom stereocenters. The first-order chi connectivity index (χ1) is 9.51. The maximum absolute atomic E-state index is 5.79. The quantitative estimate of drug-likeness (QED) is 0.830. The number of benzene rings is 1. The van der Waals surface area contributed by atoms with Gasteiger partial charge in [-0.25, -0.2) is 0 Å². The summed E-state index contributed by atoms with van der Waals surface area (Å²) in [6, 6.07) is 6.08. The Bertz CT molecular complexity index is 631. The lowest BCUT2D eigenvalue weighted by atomic mass is 10.1. The average Bonchev–Trinajstić information content (AvgIpc) is 2.77. The highest BCUT2D eigenvalue weighted by molar-refractivity contribution is 7.80. The van der Waals surface area contributed by atoms with E-state index in [9.17, 15) is 0 Å². The monoisotopic (exact) mass is 288 g/mol. The number of hydrogen-bond acceptors (Lipinski definition) is 3. The summed E-state index contributed by atoms with van der Waals surface area (Å²) in [6.45, 7) is 4.86. The number of aromatic nitrogens is 2. The molecule has 0 radical (unpaired) electrons. The number of nitrogens with one attached hydrogen (secondary N) is 1. The minimum absolute atomic E-state index is 0.415. The SMILES string of the molecule is CCc1nn(C)cc1CNc1ccc(C)cc1C(N)=S. The third-order valence-corrected chi connectivity index (χ3v) is 3.46. The van der Waals surface area contributed by atoms with Crippen LogP contribution in [0.25, 0.3) is 0 Å². The molecular weight excluding hydrogens is 268 g/mol. The molecule has 0 spiro atoms. The molecule has 20 heavy (non-hydrogen) atoms. The molecule has 4 nitrogen and oxygen atoms in total. The zero-order valence-electron chi connectivity index (χ0n) is 12.1. The van der Waals surface area contributed by atoms with Crippen LogP contribution in [0, 0.1) is 6.92 Å². The van der Waals surface area contributed by atoms with Crippen molar-refractivity contribution in [1.82, 2.24) is 9.78 Å². The van der Waals surface area contributed by atoms with Crippen LogP contribution in [0.1, 0.15) is 29.3 Å². The molecule has 3 N–H and O–H groups in total. The third-order valence-electron chi connectivity index (χ3n) is 3.24. The van der Waals surface area contributed by atoms with E-state index in [1.807, 2.05) is 43.0 Å². The van der Waals surface area contributed by atoms with Crippen LogP contribution in [-0.2, 0) is 20.0 Å². The number of rotatable bonds is 5. The number of nitrogens with zero attached hydrogens (tertiary/aromatic N) is 2. The Morgan fingerprint density at radius 3 is 2.85 bits per heavy atom. The lowest BCUT2D eigenvalue weighted by Crippen LogP contribution is -2.13. The maximum Gasteiger partial charge on any atom is 0.106 e. The largest absolute Gasteiger partial charge is 0.389 e. The number of nitrogens with two attached hydrogens (primary N) is 1. The van der Waals surface area contributed by atoms with Gasteiger partial charge in [-0.05, 0) is 25.5 Å². The maximum atomic E-state index is 5.79. The van der Waals surface area contributed by atoms with Gasteiger partial charge in [0.05, 0.1) is 5.69 Å². The lowest BCUT2D eigenvalue weighted by Gasteiger charge is -2.12. The van der Waals surface area contributed by atoms with Gasteiger partial charge in [0.15, 0.2) is 0 Å². The van der Waals surface area contributed by atoms with Crippen molar-refractivity contribution in [2.75, 3.05) is 5.32 Å². The minimum atomic E-state index is 0.415. The van der Waals surface area contributed by atoms with E-state index in [4.69, 9.17) is 18.0 Å². The standard InChI is InChI=1S/C15H20N4S/c1-4-13-11(9-19(3)18-13)8-17-14-6-5-10(2)7-12(14)15(16)20/h5-7,9,17H,4,8H2,1-3H3,(H2,16,20). The van der Waals surface area contributed by atoms with Crippen LogP contribution in [0.5, 0.6) is 0 Å². The van der Waals surface area contributed by atoms with Crippen LogP contribution in [0.4, 0.5) is 5.69 Å². The van der Waals surface area contributed by atoms with Crippen molar-refractivity contribution in [1.29, 1.82) is 0 Å². The van der Waals surface area contributed by atoms with Gasteiger partial charge in [-0.1, -0.05) is 30.8 Å². The van der Waals surface area contributed by atoms with Gasteiger partial charge in [0.25, 0.3) is 0 Å². The van der Waals surface area contributed by atoms with Gasteiger partial charge < -0.3 is 11.1 Å². The Morgan fingerprint density at radius 2 is 2.20 bits per heavy atom. The molecule has 0 bridgehead atoms. The van der Waals surface area contributed by atoms with Crippen LogP contribution in [0.2, 0.25) is 0 Å². The molecule has 0 fully saturated rings. The van der Waals surface area contributed by atoms with Crippen LogP contribution < -0.4 is 11.1 Å². The fourth-order valence-electron chi connectivity index (χ4n) is 2.24. The first-order valence-corrected chi connectivity index (χ1v) is 7.07. The van der Waals surface area contributed by atoms with Gasteiger partial charge in [-0.3, -0.25) is 4.68 Å². The van der Waals surface area contributed by atoms with Gasteiger partial charge in [0, 0.05) is 36.6 Å². The van der Waals surface area contributed by atoms with E-state index >= 15 is 0 Å². The van der Waals surface area contributed by atoms with Gasteiger partial charge in [-0.15, -0.1) is 0 Å². The first-order valence-electron chi connectivity index (χ1n) is 6.67. The Hall–Kier alpha value is -1.88. The highest BCUT2D eigenvalue weighted by atomic mass is 32.1. The molecule has 106 valence electrons. The van der Waals surface area contributed by atoms with Crippen molar-refractivity contribution in [3.8, 4) is 0 Å². The van der Waals surface area contributed by atoms with E-state index < -0.39 is 0 Å². The molecular formula is C15H20N4S. The summed E-state index contributed by atoms with van der Waals surface area (Å²) >= 11 is 5.11. The lowest BCUT2D eigenvalue weighted by molar-refractivity contribution is 0.746. The van der Waals surface area contributed by atoms with Crippen molar-refractivity contribution < 1.29 is 0 Å². The van der Waals surface area contributed by atoms with Crippen molar-refractivity contribution in [2.45, 2.75) is 26.8 Å².